The molecule has 0 aliphatic rings. The molecule has 4 unspecified atom stereocenters. The van der Waals surface area contributed by atoms with Crippen LogP contribution < -0.4 is 33.2 Å². The number of hydrogen-bond donors (Lipinski definition) is 9. The molecule has 0 radical (unpaired) electrons. The Bertz CT molecular complexity index is 969. The summed E-state index contributed by atoms with van der Waals surface area (Å²) in [5.74, 6) is -5.82. The Morgan fingerprint density at radius 3 is 1.97 bits per heavy atom. The molecule has 15 nitrogen and oxygen atoms in total. The molecule has 0 aromatic heterocycles. The van der Waals surface area contributed by atoms with Crippen molar-refractivity contribution in [2.75, 3.05) is 13.2 Å². The van der Waals surface area contributed by atoms with Crippen molar-refractivity contribution < 1.29 is 39.3 Å². The maximum Gasteiger partial charge on any atom is 0.326 e. The van der Waals surface area contributed by atoms with Crippen molar-refractivity contribution in [1.82, 2.24) is 16.0 Å². The Kier molecular flexibility index (Phi) is 13.1. The summed E-state index contributed by atoms with van der Waals surface area (Å²) in [5.41, 5.74) is 16.6. The van der Waals surface area contributed by atoms with Gasteiger partial charge in [0.25, 0.3) is 0 Å². The highest BCUT2D eigenvalue weighted by molar-refractivity contribution is 5.95. The van der Waals surface area contributed by atoms with Crippen molar-refractivity contribution in [2.45, 2.75) is 49.9 Å². The zero-order valence-corrected chi connectivity index (χ0v) is 20.0. The van der Waals surface area contributed by atoms with E-state index in [4.69, 9.17) is 22.3 Å². The molecule has 0 saturated heterocycles. The van der Waals surface area contributed by atoms with Crippen molar-refractivity contribution in [3.63, 3.8) is 0 Å². The van der Waals surface area contributed by atoms with Gasteiger partial charge in [0.1, 0.15) is 24.2 Å². The topological polar surface area (TPSA) is 273 Å². The number of benzene rings is 1. The van der Waals surface area contributed by atoms with Crippen molar-refractivity contribution >= 4 is 35.6 Å². The first kappa shape index (κ1) is 30.8. The molecule has 0 spiro atoms. The number of carbonyl (C=O) groups is 5. The highest BCUT2D eigenvalue weighted by atomic mass is 16.4. The highest BCUT2D eigenvalue weighted by Crippen LogP contribution is 2.06. The smallest absolute Gasteiger partial charge is 0.326 e. The van der Waals surface area contributed by atoms with Gasteiger partial charge in [-0.3, -0.25) is 24.2 Å². The molecule has 0 heterocycles. The van der Waals surface area contributed by atoms with E-state index in [-0.39, 0.29) is 31.8 Å². The van der Waals surface area contributed by atoms with Gasteiger partial charge < -0.3 is 48.5 Å². The van der Waals surface area contributed by atoms with Crippen molar-refractivity contribution in [3.8, 4) is 0 Å². The molecule has 0 fully saturated rings. The van der Waals surface area contributed by atoms with Crippen LogP contribution in [-0.4, -0.2) is 88.3 Å². The fraction of sp³-hybridized carbons (Fsp3) is 0.455. The largest absolute Gasteiger partial charge is 0.481 e. The van der Waals surface area contributed by atoms with Crippen LogP contribution in [-0.2, 0) is 30.4 Å². The molecule has 4 atom stereocenters. The van der Waals surface area contributed by atoms with Crippen LogP contribution in [0, 0.1) is 0 Å². The number of nitrogens with one attached hydrogen (secondary N) is 3. The van der Waals surface area contributed by atoms with Crippen LogP contribution in [0.25, 0.3) is 0 Å². The van der Waals surface area contributed by atoms with Crippen molar-refractivity contribution in [1.29, 1.82) is 0 Å². The summed E-state index contributed by atoms with van der Waals surface area (Å²) in [5, 5.41) is 34.7. The van der Waals surface area contributed by atoms with Crippen LogP contribution >= 0.6 is 0 Å². The second kappa shape index (κ2) is 15.7. The van der Waals surface area contributed by atoms with E-state index in [0.29, 0.717) is 5.56 Å². The van der Waals surface area contributed by atoms with Gasteiger partial charge in [-0.25, -0.2) is 4.79 Å². The lowest BCUT2D eigenvalue weighted by Crippen LogP contribution is -2.58. The summed E-state index contributed by atoms with van der Waals surface area (Å²) >= 11 is 0. The molecule has 1 aromatic carbocycles. The third-order valence-electron chi connectivity index (χ3n) is 5.02. The van der Waals surface area contributed by atoms with Crippen LogP contribution in [0.15, 0.2) is 35.3 Å². The molecule has 15 heteroatoms. The van der Waals surface area contributed by atoms with E-state index in [1.807, 2.05) is 0 Å². The molecule has 0 aliphatic heterocycles. The van der Waals surface area contributed by atoms with Gasteiger partial charge in [0.05, 0.1) is 13.0 Å². The SMILES string of the molecule is NC(N)=NCCCC(NC(=O)C(N)CO)C(=O)NC(CC(=O)O)C(=O)NC(Cc1ccccc1)C(=O)O. The Morgan fingerprint density at radius 2 is 1.43 bits per heavy atom. The van der Waals surface area contributed by atoms with E-state index < -0.39 is 66.9 Å². The fourth-order valence-electron chi connectivity index (χ4n) is 3.11. The van der Waals surface area contributed by atoms with Crippen molar-refractivity contribution in [3.05, 3.63) is 35.9 Å². The zero-order chi connectivity index (χ0) is 28.0. The number of carboxylic acids is 2. The number of aliphatic carboxylic acids is 2. The average molecular weight is 524 g/mol. The molecule has 0 bridgehead atoms. The maximum atomic E-state index is 12.9. The Balaban J connectivity index is 3.02. The molecule has 204 valence electrons. The Morgan fingerprint density at radius 1 is 0.865 bits per heavy atom. The van der Waals surface area contributed by atoms with Gasteiger partial charge in [0.15, 0.2) is 5.96 Å². The second-order valence-electron chi connectivity index (χ2n) is 8.05. The number of amides is 3. The number of aliphatic hydroxyl groups is 1. The van der Waals surface area contributed by atoms with Crippen LogP contribution in [0.1, 0.15) is 24.8 Å². The monoisotopic (exact) mass is 523 g/mol. The molecule has 12 N–H and O–H groups in total. The molecule has 3 amide bonds. The fourth-order valence-corrected chi connectivity index (χ4v) is 3.11. The lowest BCUT2D eigenvalue weighted by Gasteiger charge is -2.24. The quantitative estimate of drug-likeness (QED) is 0.0585. The standard InChI is InChI=1S/C22H33N7O8/c23-13(11-30)18(33)27-14(7-4-8-26-22(24)25)19(34)28-15(10-17(31)32)20(35)29-16(21(36)37)9-12-5-2-1-3-6-12/h1-3,5-6,13-16,30H,4,7-11,23H2,(H,27,33)(H,28,34)(H,29,35)(H,31,32)(H,36,37)(H4,24,25,26). The number of aliphatic hydroxyl groups excluding tert-OH is 1. The minimum Gasteiger partial charge on any atom is -0.481 e. The number of nitrogens with two attached hydrogens (primary N) is 3. The molecule has 1 rings (SSSR count). The van der Waals surface area contributed by atoms with E-state index in [9.17, 15) is 34.2 Å². The first-order chi connectivity index (χ1) is 17.4. The highest BCUT2D eigenvalue weighted by Gasteiger charge is 2.31. The molecular formula is C22H33N7O8. The second-order valence-corrected chi connectivity index (χ2v) is 8.05. The minimum absolute atomic E-state index is 0.0281. The van der Waals surface area contributed by atoms with Gasteiger partial charge in [0, 0.05) is 13.0 Å². The third kappa shape index (κ3) is 11.8. The Hall–Kier alpha value is -4.24. The molecule has 0 saturated carbocycles. The molecular weight excluding hydrogens is 490 g/mol. The summed E-state index contributed by atoms with van der Waals surface area (Å²) in [7, 11) is 0. The number of carboxylic acid groups (broad SMARTS) is 2. The summed E-state index contributed by atoms with van der Waals surface area (Å²) < 4.78 is 0. The van der Waals surface area contributed by atoms with Gasteiger partial charge >= 0.3 is 11.9 Å². The molecule has 1 aromatic rings. The number of carbonyl (C=O) groups excluding carboxylic acids is 3. The summed E-state index contributed by atoms with van der Waals surface area (Å²) in [6.07, 6.45) is -0.767. The minimum atomic E-state index is -1.66. The van der Waals surface area contributed by atoms with E-state index in [1.165, 1.54) is 0 Å². The van der Waals surface area contributed by atoms with Gasteiger partial charge in [-0.05, 0) is 18.4 Å². The predicted molar refractivity (Wildman–Crippen MR) is 131 cm³/mol. The van der Waals surface area contributed by atoms with Gasteiger partial charge in [0.2, 0.25) is 17.7 Å². The number of nitrogens with zero attached hydrogens (tertiary/aromatic N) is 1. The number of rotatable bonds is 16. The van der Waals surface area contributed by atoms with Gasteiger partial charge in [-0.2, -0.15) is 0 Å². The van der Waals surface area contributed by atoms with Gasteiger partial charge in [-0.15, -0.1) is 0 Å². The maximum absolute atomic E-state index is 12.9. The van der Waals surface area contributed by atoms with Crippen LogP contribution in [0.4, 0.5) is 0 Å². The lowest BCUT2D eigenvalue weighted by atomic mass is 10.0. The Labute approximate surface area is 212 Å². The summed E-state index contributed by atoms with van der Waals surface area (Å²) in [6.45, 7) is -0.594. The first-order valence-electron chi connectivity index (χ1n) is 11.3. The predicted octanol–water partition coefficient (Wildman–Crippen LogP) is -3.38. The molecule has 0 aliphatic carbocycles. The van der Waals surface area contributed by atoms with Gasteiger partial charge in [-0.1, -0.05) is 30.3 Å². The third-order valence-corrected chi connectivity index (χ3v) is 5.02. The van der Waals surface area contributed by atoms with Crippen LogP contribution in [0.3, 0.4) is 0 Å². The van der Waals surface area contributed by atoms with Crippen LogP contribution in [0.5, 0.6) is 0 Å². The van der Waals surface area contributed by atoms with E-state index in [2.05, 4.69) is 20.9 Å². The zero-order valence-electron chi connectivity index (χ0n) is 20.0. The average Bonchev–Trinajstić information content (AvgIpc) is 2.84. The summed E-state index contributed by atoms with van der Waals surface area (Å²) in [6, 6.07) is 2.74. The summed E-state index contributed by atoms with van der Waals surface area (Å²) in [4.78, 5) is 64.7. The molecule has 37 heavy (non-hydrogen) atoms. The number of aliphatic imine (C=N–C) groups is 1. The van der Waals surface area contributed by atoms with E-state index >= 15 is 0 Å². The first-order valence-corrected chi connectivity index (χ1v) is 11.3. The number of hydrogen-bond acceptors (Lipinski definition) is 8. The van der Waals surface area contributed by atoms with Crippen molar-refractivity contribution in [2.24, 2.45) is 22.2 Å². The van der Waals surface area contributed by atoms with E-state index in [0.717, 1.165) is 0 Å². The van der Waals surface area contributed by atoms with Crippen LogP contribution in [0.2, 0.25) is 0 Å². The normalized spacial score (nSPS) is 13.8. The number of guanidine groups is 1. The lowest BCUT2D eigenvalue weighted by molar-refractivity contribution is -0.143. The van der Waals surface area contributed by atoms with E-state index in [1.54, 1.807) is 30.3 Å².